The van der Waals surface area contributed by atoms with E-state index in [9.17, 15) is 4.79 Å². The smallest absolute Gasteiger partial charge is 0.439 e. The molecule has 0 bridgehead atoms. The van der Waals surface area contributed by atoms with Crippen LogP contribution < -0.4 is 15.8 Å². The molecule has 4 aromatic rings. The zero-order valence-corrected chi connectivity index (χ0v) is 17.0. The molecular formula is C22H18BrN3O3. The van der Waals surface area contributed by atoms with E-state index in [1.165, 1.54) is 4.68 Å². The Hall–Kier alpha value is -3.32. The molecule has 0 aliphatic rings. The monoisotopic (exact) mass is 451 g/mol. The fourth-order valence-corrected chi connectivity index (χ4v) is 2.96. The summed E-state index contributed by atoms with van der Waals surface area (Å²) in [5, 5.41) is 7.40. The Bertz CT molecular complexity index is 1120. The van der Waals surface area contributed by atoms with E-state index in [2.05, 4.69) is 26.3 Å². The van der Waals surface area contributed by atoms with Gasteiger partial charge in [-0.05, 0) is 54.1 Å². The van der Waals surface area contributed by atoms with Gasteiger partial charge in [0, 0.05) is 15.7 Å². The van der Waals surface area contributed by atoms with E-state index < -0.39 is 5.76 Å². The highest BCUT2D eigenvalue weighted by Crippen LogP contribution is 2.21. The second-order valence-corrected chi connectivity index (χ2v) is 7.23. The molecule has 0 atom stereocenters. The van der Waals surface area contributed by atoms with E-state index >= 15 is 0 Å². The van der Waals surface area contributed by atoms with Crippen molar-refractivity contribution in [3.63, 3.8) is 0 Å². The molecule has 0 fully saturated rings. The first-order valence-corrected chi connectivity index (χ1v) is 9.81. The minimum absolute atomic E-state index is 0.211. The van der Waals surface area contributed by atoms with Crippen LogP contribution in [-0.4, -0.2) is 9.78 Å². The summed E-state index contributed by atoms with van der Waals surface area (Å²) in [4.78, 5) is 12.1. The lowest BCUT2D eigenvalue weighted by Crippen LogP contribution is -2.20. The number of nitrogens with one attached hydrogen (secondary N) is 1. The quantitative estimate of drug-likeness (QED) is 0.432. The van der Waals surface area contributed by atoms with Gasteiger partial charge in [0.2, 0.25) is 5.89 Å². The third-order valence-corrected chi connectivity index (χ3v) is 4.76. The lowest BCUT2D eigenvalue weighted by Gasteiger charge is -2.06. The van der Waals surface area contributed by atoms with Gasteiger partial charge in [-0.25, -0.2) is 4.79 Å². The summed E-state index contributed by atoms with van der Waals surface area (Å²) in [5.74, 6) is 0.479. The number of benzene rings is 3. The number of hydrogen-bond donors (Lipinski definition) is 1. The van der Waals surface area contributed by atoms with Gasteiger partial charge in [0.25, 0.3) is 0 Å². The van der Waals surface area contributed by atoms with Crippen molar-refractivity contribution in [3.8, 4) is 17.2 Å². The van der Waals surface area contributed by atoms with Crippen LogP contribution in [0.4, 0.5) is 5.69 Å². The van der Waals surface area contributed by atoms with Crippen LogP contribution in [0.2, 0.25) is 0 Å². The number of hydrogen-bond acceptors (Lipinski definition) is 5. The molecule has 1 heterocycles. The van der Waals surface area contributed by atoms with Crippen LogP contribution in [0.1, 0.15) is 5.56 Å². The van der Waals surface area contributed by atoms with Gasteiger partial charge < -0.3 is 14.5 Å². The highest BCUT2D eigenvalue weighted by molar-refractivity contribution is 9.10. The van der Waals surface area contributed by atoms with Crippen molar-refractivity contribution in [2.45, 2.75) is 13.3 Å². The number of aromatic nitrogens is 2. The van der Waals surface area contributed by atoms with Crippen molar-refractivity contribution in [3.05, 3.63) is 99.4 Å². The molecule has 0 amide bonds. The average molecular weight is 452 g/mol. The van der Waals surface area contributed by atoms with Gasteiger partial charge in [0.05, 0.1) is 0 Å². The maximum Gasteiger partial charge on any atom is 0.439 e. The van der Waals surface area contributed by atoms with Crippen LogP contribution in [0.25, 0.3) is 11.5 Å². The molecule has 6 nitrogen and oxygen atoms in total. The van der Waals surface area contributed by atoms with Crippen molar-refractivity contribution >= 4 is 21.6 Å². The van der Waals surface area contributed by atoms with E-state index in [0.717, 1.165) is 21.5 Å². The van der Waals surface area contributed by atoms with Crippen LogP contribution in [0.3, 0.4) is 0 Å². The molecule has 0 saturated carbocycles. The molecule has 3 aromatic carbocycles. The summed E-state index contributed by atoms with van der Waals surface area (Å²) in [6, 6.07) is 24.9. The SMILES string of the molecule is O=c1oc(-c2ccc(OCc3ccccc3)cc2)nn1CNc1ccc(Br)cc1. The molecule has 0 aliphatic heterocycles. The van der Waals surface area contributed by atoms with Crippen LogP contribution in [0, 0.1) is 0 Å². The summed E-state index contributed by atoms with van der Waals surface area (Å²) in [6.07, 6.45) is 0. The topological polar surface area (TPSA) is 69.3 Å². The highest BCUT2D eigenvalue weighted by atomic mass is 79.9. The Balaban J connectivity index is 1.40. The Labute approximate surface area is 175 Å². The summed E-state index contributed by atoms with van der Waals surface area (Å²) in [5.41, 5.74) is 2.68. The van der Waals surface area contributed by atoms with Crippen molar-refractivity contribution in [1.29, 1.82) is 0 Å². The van der Waals surface area contributed by atoms with E-state index in [0.29, 0.717) is 12.2 Å². The third kappa shape index (κ3) is 4.94. The van der Waals surface area contributed by atoms with Crippen LogP contribution in [-0.2, 0) is 13.3 Å². The molecule has 0 spiro atoms. The van der Waals surface area contributed by atoms with Gasteiger partial charge in [0.1, 0.15) is 19.0 Å². The summed E-state index contributed by atoms with van der Waals surface area (Å²) >= 11 is 3.39. The van der Waals surface area contributed by atoms with E-state index in [-0.39, 0.29) is 12.6 Å². The molecule has 1 aromatic heterocycles. The Morgan fingerprint density at radius 2 is 1.69 bits per heavy atom. The predicted octanol–water partition coefficient (Wildman–Crippen LogP) is 4.91. The fourth-order valence-electron chi connectivity index (χ4n) is 2.69. The first-order valence-electron chi connectivity index (χ1n) is 9.02. The standard InChI is InChI=1S/C22H18BrN3O3/c23-18-8-10-19(11-9-18)24-15-26-22(27)29-21(25-26)17-6-12-20(13-7-17)28-14-16-4-2-1-3-5-16/h1-13,24H,14-15H2. The molecule has 146 valence electrons. The van der Waals surface area contributed by atoms with Gasteiger partial charge in [-0.2, -0.15) is 4.68 Å². The zero-order chi connectivity index (χ0) is 20.1. The molecule has 0 radical (unpaired) electrons. The van der Waals surface area contributed by atoms with Gasteiger partial charge in [-0.1, -0.05) is 46.3 Å². The zero-order valence-electron chi connectivity index (χ0n) is 15.4. The van der Waals surface area contributed by atoms with Crippen molar-refractivity contribution < 1.29 is 9.15 Å². The predicted molar refractivity (Wildman–Crippen MR) is 115 cm³/mol. The first-order chi connectivity index (χ1) is 14.2. The van der Waals surface area contributed by atoms with Crippen LogP contribution in [0.5, 0.6) is 5.75 Å². The van der Waals surface area contributed by atoms with Gasteiger partial charge in [-0.15, -0.1) is 5.10 Å². The Morgan fingerprint density at radius 3 is 2.41 bits per heavy atom. The van der Waals surface area contributed by atoms with E-state index in [1.807, 2.05) is 78.9 Å². The van der Waals surface area contributed by atoms with Crippen molar-refractivity contribution in [1.82, 2.24) is 9.78 Å². The second kappa shape index (κ2) is 8.79. The molecule has 29 heavy (non-hydrogen) atoms. The van der Waals surface area contributed by atoms with Gasteiger partial charge in [-0.3, -0.25) is 0 Å². The molecular weight excluding hydrogens is 434 g/mol. The molecule has 1 N–H and O–H groups in total. The Morgan fingerprint density at radius 1 is 0.966 bits per heavy atom. The number of halogens is 1. The summed E-state index contributed by atoms with van der Waals surface area (Å²) in [7, 11) is 0. The van der Waals surface area contributed by atoms with Crippen molar-refractivity contribution in [2.24, 2.45) is 0 Å². The maximum atomic E-state index is 12.1. The van der Waals surface area contributed by atoms with E-state index in [1.54, 1.807) is 0 Å². The van der Waals surface area contributed by atoms with Gasteiger partial charge in [0.15, 0.2) is 0 Å². The maximum absolute atomic E-state index is 12.1. The summed E-state index contributed by atoms with van der Waals surface area (Å²) in [6.45, 7) is 0.702. The number of rotatable bonds is 7. The van der Waals surface area contributed by atoms with Gasteiger partial charge >= 0.3 is 5.76 Å². The minimum atomic E-state index is -0.519. The first kappa shape index (κ1) is 19.0. The van der Waals surface area contributed by atoms with Crippen LogP contribution >= 0.6 is 15.9 Å². The lowest BCUT2D eigenvalue weighted by molar-refractivity contribution is 0.306. The third-order valence-electron chi connectivity index (χ3n) is 4.23. The molecule has 7 heteroatoms. The number of nitrogens with zero attached hydrogens (tertiary/aromatic N) is 2. The van der Waals surface area contributed by atoms with Crippen LogP contribution in [0.15, 0.2) is 92.5 Å². The Kier molecular flexibility index (Phi) is 5.76. The molecule has 4 rings (SSSR count). The molecule has 0 unspecified atom stereocenters. The second-order valence-electron chi connectivity index (χ2n) is 6.31. The largest absolute Gasteiger partial charge is 0.489 e. The molecule has 0 aliphatic carbocycles. The number of anilines is 1. The highest BCUT2D eigenvalue weighted by Gasteiger charge is 2.10. The van der Waals surface area contributed by atoms with Crippen molar-refractivity contribution in [2.75, 3.05) is 5.32 Å². The lowest BCUT2D eigenvalue weighted by atomic mass is 10.2. The molecule has 0 saturated heterocycles. The number of ether oxygens (including phenoxy) is 1. The normalized spacial score (nSPS) is 10.7. The fraction of sp³-hybridized carbons (Fsp3) is 0.0909. The van der Waals surface area contributed by atoms with E-state index in [4.69, 9.17) is 9.15 Å². The minimum Gasteiger partial charge on any atom is -0.489 e. The summed E-state index contributed by atoms with van der Waals surface area (Å²) < 4.78 is 13.3. The average Bonchev–Trinajstić information content (AvgIpc) is 3.13.